The maximum absolute atomic E-state index is 12.5. The van der Waals surface area contributed by atoms with Gasteiger partial charge >= 0.3 is 0 Å². The third-order valence-electron chi connectivity index (χ3n) is 6.01. The van der Waals surface area contributed by atoms with Crippen LogP contribution in [0.3, 0.4) is 0 Å². The fourth-order valence-electron chi connectivity index (χ4n) is 4.00. The van der Waals surface area contributed by atoms with Crippen LogP contribution in [0.25, 0.3) is 11.0 Å². The molecule has 0 spiro atoms. The summed E-state index contributed by atoms with van der Waals surface area (Å²) in [6.07, 6.45) is 1.53. The summed E-state index contributed by atoms with van der Waals surface area (Å²) in [5.74, 6) is 2.32. The Balaban J connectivity index is 1.37. The normalized spacial score (nSPS) is 10.9. The number of aromatic nitrogens is 2. The summed E-state index contributed by atoms with van der Waals surface area (Å²) in [4.78, 5) is 17.4. The van der Waals surface area contributed by atoms with Crippen molar-refractivity contribution in [2.75, 3.05) is 20.3 Å². The molecule has 1 aromatic heterocycles. The Kier molecular flexibility index (Phi) is 7.48. The number of hydrogen-bond acceptors (Lipinski definition) is 4. The molecule has 0 aliphatic carbocycles. The first-order valence-electron chi connectivity index (χ1n) is 11.6. The lowest BCUT2D eigenvalue weighted by molar-refractivity contribution is 0.0950. The Labute approximate surface area is 200 Å². The minimum absolute atomic E-state index is 0.132. The number of methoxy groups -OCH3 is 1. The van der Waals surface area contributed by atoms with Crippen LogP contribution in [0, 0.1) is 13.8 Å². The standard InChI is InChI=1S/C28H31N3O3/c1-20-14-15-22(19-21(20)2)34-18-17-31-25-11-6-5-10-24(25)30-27(31)13-8-16-29-28(32)23-9-4-7-12-26(23)33-3/h4-7,9-12,14-15,19H,8,13,16-18H2,1-3H3,(H,29,32). The van der Waals surface area contributed by atoms with Crippen molar-refractivity contribution in [1.82, 2.24) is 14.9 Å². The van der Waals surface area contributed by atoms with Gasteiger partial charge in [-0.15, -0.1) is 0 Å². The Bertz CT molecular complexity index is 1280. The minimum Gasteiger partial charge on any atom is -0.496 e. The van der Waals surface area contributed by atoms with Crippen LogP contribution in [0.15, 0.2) is 66.7 Å². The Hall–Kier alpha value is -3.80. The summed E-state index contributed by atoms with van der Waals surface area (Å²) < 4.78 is 13.5. The van der Waals surface area contributed by atoms with Crippen LogP contribution in [0.5, 0.6) is 11.5 Å². The third-order valence-corrected chi connectivity index (χ3v) is 6.01. The second-order valence-corrected chi connectivity index (χ2v) is 8.32. The summed E-state index contributed by atoms with van der Waals surface area (Å²) in [5, 5.41) is 2.99. The van der Waals surface area contributed by atoms with Gasteiger partial charge in [0.1, 0.15) is 23.9 Å². The van der Waals surface area contributed by atoms with Crippen molar-refractivity contribution in [1.29, 1.82) is 0 Å². The smallest absolute Gasteiger partial charge is 0.255 e. The van der Waals surface area contributed by atoms with E-state index in [9.17, 15) is 4.79 Å². The predicted octanol–water partition coefficient (Wildman–Crippen LogP) is 5.10. The van der Waals surface area contributed by atoms with Crippen LogP contribution in [0.1, 0.15) is 33.7 Å². The van der Waals surface area contributed by atoms with Crippen molar-refractivity contribution in [3.8, 4) is 11.5 Å². The number of imidazole rings is 1. The molecule has 34 heavy (non-hydrogen) atoms. The Morgan fingerprint density at radius 1 is 1.00 bits per heavy atom. The van der Waals surface area contributed by atoms with Crippen LogP contribution >= 0.6 is 0 Å². The number of carbonyl (C=O) groups excluding carboxylic acids is 1. The fourth-order valence-corrected chi connectivity index (χ4v) is 4.00. The van der Waals surface area contributed by atoms with Gasteiger partial charge in [0.05, 0.1) is 30.3 Å². The average molecular weight is 458 g/mol. The quantitative estimate of drug-likeness (QED) is 0.336. The number of hydrogen-bond donors (Lipinski definition) is 1. The van der Waals surface area contributed by atoms with Crippen LogP contribution in [-0.4, -0.2) is 35.7 Å². The van der Waals surface area contributed by atoms with E-state index in [1.807, 2.05) is 36.4 Å². The Morgan fingerprint density at radius 2 is 1.79 bits per heavy atom. The first kappa shape index (κ1) is 23.4. The van der Waals surface area contributed by atoms with Gasteiger partial charge in [-0.3, -0.25) is 4.79 Å². The highest BCUT2D eigenvalue weighted by molar-refractivity contribution is 5.96. The van der Waals surface area contributed by atoms with Crippen LogP contribution in [0.2, 0.25) is 0 Å². The van der Waals surface area contributed by atoms with Crippen LogP contribution in [0.4, 0.5) is 0 Å². The van der Waals surface area contributed by atoms with E-state index < -0.39 is 0 Å². The number of rotatable bonds is 10. The van der Waals surface area contributed by atoms with Crippen molar-refractivity contribution in [3.63, 3.8) is 0 Å². The van der Waals surface area contributed by atoms with E-state index in [1.165, 1.54) is 11.1 Å². The molecule has 4 rings (SSSR count). The van der Waals surface area contributed by atoms with E-state index in [4.69, 9.17) is 14.5 Å². The van der Waals surface area contributed by atoms with E-state index in [-0.39, 0.29) is 5.91 Å². The average Bonchev–Trinajstić information content (AvgIpc) is 3.21. The molecule has 1 N–H and O–H groups in total. The molecular formula is C28H31N3O3. The first-order chi connectivity index (χ1) is 16.6. The van der Waals surface area contributed by atoms with Crippen LogP contribution in [-0.2, 0) is 13.0 Å². The molecule has 0 aliphatic heterocycles. The molecule has 176 valence electrons. The summed E-state index contributed by atoms with van der Waals surface area (Å²) in [7, 11) is 1.57. The number of benzene rings is 3. The number of nitrogens with zero attached hydrogens (tertiary/aromatic N) is 2. The van der Waals surface area contributed by atoms with Crippen molar-refractivity contribution in [3.05, 3.63) is 89.2 Å². The topological polar surface area (TPSA) is 65.4 Å². The largest absolute Gasteiger partial charge is 0.496 e. The van der Waals surface area contributed by atoms with Crippen molar-refractivity contribution < 1.29 is 14.3 Å². The SMILES string of the molecule is COc1ccccc1C(=O)NCCCc1nc2ccccc2n1CCOc1ccc(C)c(C)c1. The van der Waals surface area contributed by atoms with Gasteiger partial charge in [-0.25, -0.2) is 4.98 Å². The maximum Gasteiger partial charge on any atom is 0.255 e. The first-order valence-corrected chi connectivity index (χ1v) is 11.6. The van der Waals surface area contributed by atoms with Crippen LogP contribution < -0.4 is 14.8 Å². The molecule has 0 atom stereocenters. The molecule has 4 aromatic rings. The Morgan fingerprint density at radius 3 is 2.62 bits per heavy atom. The van der Waals surface area contributed by atoms with Gasteiger partial charge in [0.25, 0.3) is 5.91 Å². The lowest BCUT2D eigenvalue weighted by Crippen LogP contribution is -2.25. The van der Waals surface area contributed by atoms with Crippen molar-refractivity contribution in [2.24, 2.45) is 0 Å². The van der Waals surface area contributed by atoms with E-state index in [0.717, 1.165) is 35.4 Å². The monoisotopic (exact) mass is 457 g/mol. The summed E-state index contributed by atoms with van der Waals surface area (Å²) in [5.41, 5.74) is 5.09. The molecule has 0 radical (unpaired) electrons. The second-order valence-electron chi connectivity index (χ2n) is 8.32. The molecule has 0 saturated carbocycles. The van der Waals surface area contributed by atoms with E-state index >= 15 is 0 Å². The van der Waals surface area contributed by atoms with Gasteiger partial charge < -0.3 is 19.4 Å². The number of ether oxygens (including phenoxy) is 2. The van der Waals surface area contributed by atoms with Gasteiger partial charge in [-0.05, 0) is 67.8 Å². The zero-order valence-corrected chi connectivity index (χ0v) is 20.0. The molecule has 0 saturated heterocycles. The van der Waals surface area contributed by atoms with Gasteiger partial charge in [0, 0.05) is 13.0 Å². The molecule has 1 amide bonds. The third kappa shape index (κ3) is 5.39. The summed E-state index contributed by atoms with van der Waals surface area (Å²) in [6.45, 7) is 6.01. The number of aryl methyl sites for hydroxylation is 3. The second kappa shape index (κ2) is 10.9. The highest BCUT2D eigenvalue weighted by Gasteiger charge is 2.13. The minimum atomic E-state index is -0.132. The molecule has 6 nitrogen and oxygen atoms in total. The van der Waals surface area contributed by atoms with Gasteiger partial charge in [0.2, 0.25) is 0 Å². The number of amides is 1. The molecule has 0 bridgehead atoms. The van der Waals surface area contributed by atoms with Gasteiger partial charge in [-0.1, -0.05) is 30.3 Å². The highest BCUT2D eigenvalue weighted by atomic mass is 16.5. The fraction of sp³-hybridized carbons (Fsp3) is 0.286. The van der Waals surface area contributed by atoms with E-state index in [2.05, 4.69) is 41.9 Å². The number of para-hydroxylation sites is 3. The molecular weight excluding hydrogens is 426 g/mol. The van der Waals surface area contributed by atoms with Gasteiger partial charge in [0.15, 0.2) is 0 Å². The summed E-state index contributed by atoms with van der Waals surface area (Å²) in [6, 6.07) is 21.6. The summed E-state index contributed by atoms with van der Waals surface area (Å²) >= 11 is 0. The molecule has 3 aromatic carbocycles. The lowest BCUT2D eigenvalue weighted by atomic mass is 10.1. The highest BCUT2D eigenvalue weighted by Crippen LogP contribution is 2.20. The van der Waals surface area contributed by atoms with E-state index in [1.54, 1.807) is 19.2 Å². The van der Waals surface area contributed by atoms with Crippen molar-refractivity contribution in [2.45, 2.75) is 33.2 Å². The molecule has 0 fully saturated rings. The molecule has 0 aliphatic rings. The molecule has 0 unspecified atom stereocenters. The zero-order chi connectivity index (χ0) is 23.9. The molecule has 1 heterocycles. The lowest BCUT2D eigenvalue weighted by Gasteiger charge is -2.12. The van der Waals surface area contributed by atoms with Gasteiger partial charge in [-0.2, -0.15) is 0 Å². The van der Waals surface area contributed by atoms with Crippen molar-refractivity contribution >= 4 is 16.9 Å². The number of nitrogens with one attached hydrogen (secondary N) is 1. The predicted molar refractivity (Wildman–Crippen MR) is 135 cm³/mol. The maximum atomic E-state index is 12.5. The molecule has 6 heteroatoms. The zero-order valence-electron chi connectivity index (χ0n) is 20.0. The number of carbonyl (C=O) groups is 1. The number of fused-ring (bicyclic) bond motifs is 1. The van der Waals surface area contributed by atoms with E-state index in [0.29, 0.717) is 31.0 Å².